The van der Waals surface area contributed by atoms with Crippen LogP contribution in [0.4, 0.5) is 10.5 Å². The first kappa shape index (κ1) is 19.2. The number of carbonyl (C=O) groups excluding carboxylic acids is 3. The number of rotatable bonds is 6. The SMILES string of the molecule is Cc1ccc(NC(=O)NC(=O)COC(=O)CCc2ccccc2)c(C)c1. The molecule has 2 rings (SSSR count). The van der Waals surface area contributed by atoms with Crippen LogP contribution >= 0.6 is 0 Å². The van der Waals surface area contributed by atoms with Gasteiger partial charge in [0.15, 0.2) is 6.61 Å². The van der Waals surface area contributed by atoms with Gasteiger partial charge in [-0.3, -0.25) is 14.9 Å². The first-order valence-corrected chi connectivity index (χ1v) is 8.31. The van der Waals surface area contributed by atoms with E-state index < -0.39 is 24.5 Å². The maximum Gasteiger partial charge on any atom is 0.325 e. The number of urea groups is 1. The quantitative estimate of drug-likeness (QED) is 0.781. The van der Waals surface area contributed by atoms with Crippen LogP contribution in [-0.2, 0) is 20.7 Å². The minimum absolute atomic E-state index is 0.173. The number of hydrogen-bond acceptors (Lipinski definition) is 4. The third-order valence-corrected chi connectivity index (χ3v) is 3.71. The van der Waals surface area contributed by atoms with Crippen LogP contribution in [0, 0.1) is 13.8 Å². The second-order valence-electron chi connectivity index (χ2n) is 5.97. The van der Waals surface area contributed by atoms with E-state index in [1.54, 1.807) is 6.07 Å². The van der Waals surface area contributed by atoms with E-state index in [0.717, 1.165) is 16.7 Å². The average molecular weight is 354 g/mol. The lowest BCUT2D eigenvalue weighted by Gasteiger charge is -2.10. The fraction of sp³-hybridized carbons (Fsp3) is 0.250. The molecule has 2 aromatic rings. The Kier molecular flexibility index (Phi) is 6.91. The van der Waals surface area contributed by atoms with Gasteiger partial charge in [-0.05, 0) is 37.5 Å². The minimum atomic E-state index is -0.680. The van der Waals surface area contributed by atoms with Crippen molar-refractivity contribution in [3.8, 4) is 0 Å². The molecule has 2 aromatic carbocycles. The molecule has 0 saturated heterocycles. The summed E-state index contributed by atoms with van der Waals surface area (Å²) in [5, 5.41) is 4.72. The van der Waals surface area contributed by atoms with E-state index in [-0.39, 0.29) is 6.42 Å². The van der Waals surface area contributed by atoms with E-state index in [4.69, 9.17) is 4.74 Å². The molecule has 136 valence electrons. The van der Waals surface area contributed by atoms with Gasteiger partial charge in [-0.25, -0.2) is 4.79 Å². The van der Waals surface area contributed by atoms with Crippen molar-refractivity contribution >= 4 is 23.6 Å². The maximum atomic E-state index is 11.8. The number of ether oxygens (including phenoxy) is 1. The second kappa shape index (κ2) is 9.36. The summed E-state index contributed by atoms with van der Waals surface area (Å²) in [7, 11) is 0. The van der Waals surface area contributed by atoms with E-state index in [2.05, 4.69) is 10.6 Å². The number of benzene rings is 2. The molecule has 0 radical (unpaired) electrons. The second-order valence-corrected chi connectivity index (χ2v) is 5.97. The lowest BCUT2D eigenvalue weighted by Crippen LogP contribution is -2.37. The van der Waals surface area contributed by atoms with Gasteiger partial charge in [0.05, 0.1) is 0 Å². The van der Waals surface area contributed by atoms with Crippen molar-refractivity contribution in [1.82, 2.24) is 5.32 Å². The molecule has 6 nitrogen and oxygen atoms in total. The molecule has 6 heteroatoms. The predicted molar refractivity (Wildman–Crippen MR) is 98.8 cm³/mol. The number of esters is 1. The largest absolute Gasteiger partial charge is 0.456 e. The van der Waals surface area contributed by atoms with Gasteiger partial charge in [-0.15, -0.1) is 0 Å². The highest BCUT2D eigenvalue weighted by Gasteiger charge is 2.12. The molecule has 0 spiro atoms. The molecule has 0 saturated carbocycles. The van der Waals surface area contributed by atoms with Gasteiger partial charge in [0.25, 0.3) is 5.91 Å². The summed E-state index contributed by atoms with van der Waals surface area (Å²) in [4.78, 5) is 35.2. The van der Waals surface area contributed by atoms with Crippen molar-refractivity contribution in [3.63, 3.8) is 0 Å². The first-order chi connectivity index (χ1) is 12.4. The van der Waals surface area contributed by atoms with Gasteiger partial charge < -0.3 is 10.1 Å². The van der Waals surface area contributed by atoms with Gasteiger partial charge in [0.2, 0.25) is 0 Å². The van der Waals surface area contributed by atoms with E-state index in [1.807, 2.05) is 56.3 Å². The Bertz CT molecular complexity index is 788. The highest BCUT2D eigenvalue weighted by molar-refractivity contribution is 6.02. The Morgan fingerprint density at radius 1 is 1.00 bits per heavy atom. The van der Waals surface area contributed by atoms with Gasteiger partial charge in [-0.2, -0.15) is 0 Å². The Hall–Kier alpha value is -3.15. The molecule has 0 aliphatic rings. The van der Waals surface area contributed by atoms with Crippen LogP contribution in [0.2, 0.25) is 0 Å². The Balaban J connectivity index is 1.70. The van der Waals surface area contributed by atoms with Crippen LogP contribution < -0.4 is 10.6 Å². The number of aryl methyl sites for hydroxylation is 3. The lowest BCUT2D eigenvalue weighted by molar-refractivity contribution is -0.148. The standard InChI is InChI=1S/C20H22N2O4/c1-14-8-10-17(15(2)12-14)21-20(25)22-18(23)13-26-19(24)11-9-16-6-4-3-5-7-16/h3-8,10,12H,9,11,13H2,1-2H3,(H2,21,22,23,25). The molecular weight excluding hydrogens is 332 g/mol. The zero-order valence-electron chi connectivity index (χ0n) is 14.9. The fourth-order valence-corrected chi connectivity index (χ4v) is 2.38. The summed E-state index contributed by atoms with van der Waals surface area (Å²) < 4.78 is 4.89. The van der Waals surface area contributed by atoms with E-state index in [1.165, 1.54) is 0 Å². The summed E-state index contributed by atoms with van der Waals surface area (Å²) in [5.74, 6) is -1.17. The van der Waals surface area contributed by atoms with Gasteiger partial charge >= 0.3 is 12.0 Å². The van der Waals surface area contributed by atoms with Crippen LogP contribution in [0.15, 0.2) is 48.5 Å². The number of anilines is 1. The molecule has 2 N–H and O–H groups in total. The van der Waals surface area contributed by atoms with Gasteiger partial charge in [0.1, 0.15) is 0 Å². The fourth-order valence-electron chi connectivity index (χ4n) is 2.38. The van der Waals surface area contributed by atoms with Gasteiger partial charge in [0, 0.05) is 12.1 Å². The molecular formula is C20H22N2O4. The monoisotopic (exact) mass is 354 g/mol. The molecule has 26 heavy (non-hydrogen) atoms. The van der Waals surface area contributed by atoms with Gasteiger partial charge in [-0.1, -0.05) is 48.0 Å². The Labute approximate surface area is 152 Å². The van der Waals surface area contributed by atoms with E-state index in [9.17, 15) is 14.4 Å². The highest BCUT2D eigenvalue weighted by atomic mass is 16.5. The number of amides is 3. The minimum Gasteiger partial charge on any atom is -0.456 e. The van der Waals surface area contributed by atoms with Crippen LogP contribution in [-0.4, -0.2) is 24.5 Å². The zero-order chi connectivity index (χ0) is 18.9. The molecule has 0 aromatic heterocycles. The van der Waals surface area contributed by atoms with Crippen molar-refractivity contribution in [2.75, 3.05) is 11.9 Å². The molecule has 0 heterocycles. The van der Waals surface area contributed by atoms with Crippen molar-refractivity contribution in [2.45, 2.75) is 26.7 Å². The Morgan fingerprint density at radius 2 is 1.73 bits per heavy atom. The highest BCUT2D eigenvalue weighted by Crippen LogP contribution is 2.15. The molecule has 0 fully saturated rings. The van der Waals surface area contributed by atoms with Crippen molar-refractivity contribution in [3.05, 3.63) is 65.2 Å². The first-order valence-electron chi connectivity index (χ1n) is 8.31. The van der Waals surface area contributed by atoms with Crippen molar-refractivity contribution in [2.24, 2.45) is 0 Å². The maximum absolute atomic E-state index is 11.8. The van der Waals surface area contributed by atoms with Crippen LogP contribution in [0.25, 0.3) is 0 Å². The number of imide groups is 1. The van der Waals surface area contributed by atoms with Crippen molar-refractivity contribution in [1.29, 1.82) is 0 Å². The molecule has 0 atom stereocenters. The normalized spacial score (nSPS) is 10.1. The van der Waals surface area contributed by atoms with E-state index >= 15 is 0 Å². The molecule has 0 aliphatic heterocycles. The number of carbonyl (C=O) groups is 3. The van der Waals surface area contributed by atoms with Crippen LogP contribution in [0.1, 0.15) is 23.1 Å². The molecule has 0 aliphatic carbocycles. The Morgan fingerprint density at radius 3 is 2.42 bits per heavy atom. The molecule has 0 bridgehead atoms. The lowest BCUT2D eigenvalue weighted by atomic mass is 10.1. The molecule has 0 unspecified atom stereocenters. The average Bonchev–Trinajstić information content (AvgIpc) is 2.61. The third kappa shape index (κ3) is 6.39. The van der Waals surface area contributed by atoms with E-state index in [0.29, 0.717) is 12.1 Å². The van der Waals surface area contributed by atoms with Crippen molar-refractivity contribution < 1.29 is 19.1 Å². The summed E-state index contributed by atoms with van der Waals surface area (Å²) in [6, 6.07) is 14.4. The number of hydrogen-bond donors (Lipinski definition) is 2. The summed E-state index contributed by atoms with van der Waals surface area (Å²) in [6.07, 6.45) is 0.709. The predicted octanol–water partition coefficient (Wildman–Crippen LogP) is 3.13. The molecule has 3 amide bonds. The number of nitrogens with one attached hydrogen (secondary N) is 2. The van der Waals surface area contributed by atoms with Crippen LogP contribution in [0.5, 0.6) is 0 Å². The summed E-state index contributed by atoms with van der Waals surface area (Å²) >= 11 is 0. The summed E-state index contributed by atoms with van der Waals surface area (Å²) in [5.41, 5.74) is 3.59. The topological polar surface area (TPSA) is 84.5 Å². The summed E-state index contributed by atoms with van der Waals surface area (Å²) in [6.45, 7) is 3.32. The smallest absolute Gasteiger partial charge is 0.325 e. The zero-order valence-corrected chi connectivity index (χ0v) is 14.9. The van der Waals surface area contributed by atoms with Crippen LogP contribution in [0.3, 0.4) is 0 Å². The third-order valence-electron chi connectivity index (χ3n) is 3.71.